The second-order valence-corrected chi connectivity index (χ2v) is 11.6. The lowest BCUT2D eigenvalue weighted by molar-refractivity contribution is -0.135. The monoisotopic (exact) mass is 546 g/mol. The van der Waals surface area contributed by atoms with Gasteiger partial charge >= 0.3 is 0 Å². The molecule has 2 bridgehead atoms. The largest absolute Gasteiger partial charge is 0.391 e. The number of hydroxylamine groups is 1. The van der Waals surface area contributed by atoms with Crippen molar-refractivity contribution in [3.63, 3.8) is 0 Å². The van der Waals surface area contributed by atoms with E-state index in [9.17, 15) is 24.7 Å². The topological polar surface area (TPSA) is 145 Å². The third-order valence-electron chi connectivity index (χ3n) is 8.92. The standard InChI is InChI=1S/C31H38N4O5/c1-18-25-15-23(31(25,3)4)16-26(18)33-17-27(37)35(28(19(2)36)30(39)34-40)24-13-9-21(10-14-24)6-5-20-7-11-22(12-8-20)29(32)38/h7-14,18-19,23,25-26,28,33,36,40H,15-17H2,1-4H3,(H2,32,38)(H,34,39)/t18-,19+,23+,25-,26-,28-/m0/s1. The summed E-state index contributed by atoms with van der Waals surface area (Å²) >= 11 is 0. The summed E-state index contributed by atoms with van der Waals surface area (Å²) in [6.45, 7) is 8.25. The van der Waals surface area contributed by atoms with Gasteiger partial charge in [0.2, 0.25) is 11.8 Å². The van der Waals surface area contributed by atoms with Crippen molar-refractivity contribution in [1.29, 1.82) is 0 Å². The van der Waals surface area contributed by atoms with E-state index in [1.807, 2.05) is 0 Å². The molecule has 212 valence electrons. The van der Waals surface area contributed by atoms with E-state index in [-0.39, 0.29) is 12.6 Å². The van der Waals surface area contributed by atoms with Crippen LogP contribution in [0, 0.1) is 35.0 Å². The summed E-state index contributed by atoms with van der Waals surface area (Å²) in [6.07, 6.45) is 0.968. The van der Waals surface area contributed by atoms with Gasteiger partial charge in [0.05, 0.1) is 12.6 Å². The molecule has 0 spiro atoms. The van der Waals surface area contributed by atoms with Gasteiger partial charge in [-0.25, -0.2) is 5.48 Å². The summed E-state index contributed by atoms with van der Waals surface area (Å²) in [5.74, 6) is 5.89. The number of primary amides is 1. The van der Waals surface area contributed by atoms with E-state index in [1.165, 1.54) is 18.2 Å². The van der Waals surface area contributed by atoms with E-state index in [0.29, 0.717) is 45.5 Å². The van der Waals surface area contributed by atoms with Crippen LogP contribution in [0.1, 0.15) is 62.0 Å². The highest BCUT2D eigenvalue weighted by atomic mass is 16.5. The molecule has 0 unspecified atom stereocenters. The van der Waals surface area contributed by atoms with Crippen molar-refractivity contribution in [2.45, 2.75) is 58.7 Å². The number of carbonyl (C=O) groups excluding carboxylic acids is 3. The molecule has 3 fully saturated rings. The molecule has 3 saturated carbocycles. The van der Waals surface area contributed by atoms with Crippen LogP contribution in [-0.2, 0) is 9.59 Å². The van der Waals surface area contributed by atoms with Gasteiger partial charge in [-0.3, -0.25) is 24.5 Å². The Morgan fingerprint density at radius 1 is 1.05 bits per heavy atom. The second kappa shape index (κ2) is 11.8. The molecule has 2 aromatic rings. The highest BCUT2D eigenvalue weighted by Crippen LogP contribution is 2.61. The molecule has 0 aliphatic heterocycles. The fourth-order valence-electron chi connectivity index (χ4n) is 6.37. The number of amides is 3. The number of benzene rings is 2. The van der Waals surface area contributed by atoms with Crippen LogP contribution in [0.5, 0.6) is 0 Å². The number of anilines is 1. The Kier molecular flexibility index (Phi) is 8.64. The smallest absolute Gasteiger partial charge is 0.269 e. The number of aliphatic hydroxyl groups is 1. The van der Waals surface area contributed by atoms with Gasteiger partial charge in [0, 0.05) is 28.4 Å². The quantitative estimate of drug-likeness (QED) is 0.195. The number of nitrogens with one attached hydrogen (secondary N) is 2. The molecule has 40 heavy (non-hydrogen) atoms. The second-order valence-electron chi connectivity index (χ2n) is 11.6. The highest BCUT2D eigenvalue weighted by Gasteiger charge is 2.56. The minimum Gasteiger partial charge on any atom is -0.391 e. The molecule has 0 heterocycles. The molecule has 9 heteroatoms. The molecule has 0 radical (unpaired) electrons. The predicted molar refractivity (Wildman–Crippen MR) is 151 cm³/mol. The SMILES string of the molecule is C[C@@H]1[C@@H](NCC(=O)N(c2ccc(C#Cc3ccc(C(N)=O)cc3)cc2)[C@H](C(=O)NO)[C@@H](C)O)C[C@H]2C[C@@H]1C2(C)C. The van der Waals surface area contributed by atoms with Crippen molar-refractivity contribution in [1.82, 2.24) is 10.8 Å². The fourth-order valence-corrected chi connectivity index (χ4v) is 6.37. The van der Waals surface area contributed by atoms with Crippen LogP contribution in [0.2, 0.25) is 0 Å². The maximum absolute atomic E-state index is 13.6. The summed E-state index contributed by atoms with van der Waals surface area (Å²) in [6, 6.07) is 12.2. The molecule has 6 atom stereocenters. The lowest BCUT2D eigenvalue weighted by Crippen LogP contribution is -2.61. The van der Waals surface area contributed by atoms with Gasteiger partial charge in [0.1, 0.15) is 6.04 Å². The minimum atomic E-state index is -1.34. The number of hydrogen-bond acceptors (Lipinski definition) is 6. The molecular formula is C31H38N4O5. The average Bonchev–Trinajstić information content (AvgIpc) is 2.93. The van der Waals surface area contributed by atoms with E-state index in [1.54, 1.807) is 54.0 Å². The van der Waals surface area contributed by atoms with E-state index in [0.717, 1.165) is 6.42 Å². The van der Waals surface area contributed by atoms with E-state index < -0.39 is 29.9 Å². The third kappa shape index (κ3) is 5.89. The Labute approximate surface area is 235 Å². The Morgan fingerprint density at radius 3 is 2.10 bits per heavy atom. The first-order valence-corrected chi connectivity index (χ1v) is 13.6. The van der Waals surface area contributed by atoms with Crippen LogP contribution in [0.25, 0.3) is 0 Å². The molecule has 9 nitrogen and oxygen atoms in total. The maximum atomic E-state index is 13.6. The number of nitrogens with zero attached hydrogens (tertiary/aromatic N) is 1. The van der Waals surface area contributed by atoms with Crippen molar-refractivity contribution < 1.29 is 24.7 Å². The summed E-state index contributed by atoms with van der Waals surface area (Å²) < 4.78 is 0. The zero-order chi connectivity index (χ0) is 29.2. The molecule has 5 rings (SSSR count). The number of aliphatic hydroxyl groups excluding tert-OH is 1. The first-order valence-electron chi connectivity index (χ1n) is 13.6. The van der Waals surface area contributed by atoms with Gasteiger partial charge in [-0.15, -0.1) is 0 Å². The van der Waals surface area contributed by atoms with Crippen molar-refractivity contribution in [3.05, 3.63) is 65.2 Å². The summed E-state index contributed by atoms with van der Waals surface area (Å²) in [5, 5.41) is 23.2. The van der Waals surface area contributed by atoms with Gasteiger partial charge in [-0.2, -0.15) is 0 Å². The molecule has 0 saturated heterocycles. The fraction of sp³-hybridized carbons (Fsp3) is 0.452. The predicted octanol–water partition coefficient (Wildman–Crippen LogP) is 2.43. The van der Waals surface area contributed by atoms with Gasteiger partial charge in [0.15, 0.2) is 0 Å². The molecule has 0 aromatic heterocycles. The van der Waals surface area contributed by atoms with Crippen molar-refractivity contribution in [2.24, 2.45) is 28.9 Å². The Morgan fingerprint density at radius 2 is 1.62 bits per heavy atom. The molecule has 3 aliphatic carbocycles. The van der Waals surface area contributed by atoms with Crippen LogP contribution in [0.3, 0.4) is 0 Å². The summed E-state index contributed by atoms with van der Waals surface area (Å²) in [5.41, 5.74) is 9.32. The van der Waals surface area contributed by atoms with Crippen LogP contribution < -0.4 is 21.4 Å². The Hall–Kier alpha value is -3.71. The number of carbonyl (C=O) groups is 3. The molecule has 3 aliphatic rings. The van der Waals surface area contributed by atoms with Crippen molar-refractivity contribution >= 4 is 23.4 Å². The van der Waals surface area contributed by atoms with Crippen LogP contribution >= 0.6 is 0 Å². The zero-order valence-corrected chi connectivity index (χ0v) is 23.3. The lowest BCUT2D eigenvalue weighted by atomic mass is 9.45. The average molecular weight is 547 g/mol. The highest BCUT2D eigenvalue weighted by molar-refractivity contribution is 6.02. The van der Waals surface area contributed by atoms with Gasteiger partial charge < -0.3 is 16.2 Å². The first kappa shape index (κ1) is 29.3. The maximum Gasteiger partial charge on any atom is 0.269 e. The molecule has 6 N–H and O–H groups in total. The number of nitrogens with two attached hydrogens (primary N) is 1. The van der Waals surface area contributed by atoms with E-state index in [2.05, 4.69) is 37.9 Å². The molecule has 3 amide bonds. The first-order chi connectivity index (χ1) is 18.9. The number of fused-ring (bicyclic) bond motifs is 2. The van der Waals surface area contributed by atoms with Gasteiger partial charge in [-0.1, -0.05) is 32.6 Å². The van der Waals surface area contributed by atoms with Crippen LogP contribution in [-0.4, -0.2) is 52.8 Å². The third-order valence-corrected chi connectivity index (χ3v) is 8.92. The van der Waals surface area contributed by atoms with E-state index in [4.69, 9.17) is 5.73 Å². The normalized spacial score (nSPS) is 23.9. The zero-order valence-electron chi connectivity index (χ0n) is 23.3. The summed E-state index contributed by atoms with van der Waals surface area (Å²) in [4.78, 5) is 38.6. The Bertz CT molecular complexity index is 1310. The Balaban J connectivity index is 1.52. The summed E-state index contributed by atoms with van der Waals surface area (Å²) in [7, 11) is 0. The molecule has 2 aromatic carbocycles. The van der Waals surface area contributed by atoms with Gasteiger partial charge in [-0.05, 0) is 91.5 Å². The van der Waals surface area contributed by atoms with Gasteiger partial charge in [0.25, 0.3) is 5.91 Å². The number of hydrogen-bond donors (Lipinski definition) is 5. The molecular weight excluding hydrogens is 508 g/mol. The van der Waals surface area contributed by atoms with Crippen molar-refractivity contribution in [2.75, 3.05) is 11.4 Å². The van der Waals surface area contributed by atoms with Crippen LogP contribution in [0.4, 0.5) is 5.69 Å². The van der Waals surface area contributed by atoms with Crippen molar-refractivity contribution in [3.8, 4) is 11.8 Å². The van der Waals surface area contributed by atoms with Crippen LogP contribution in [0.15, 0.2) is 48.5 Å². The number of rotatable bonds is 8. The van der Waals surface area contributed by atoms with E-state index >= 15 is 0 Å². The lowest BCUT2D eigenvalue weighted by Gasteiger charge is -2.62. The minimum absolute atomic E-state index is 0.0142.